The first-order valence-corrected chi connectivity index (χ1v) is 21.6. The normalized spacial score (nSPS) is 17.0. The van der Waals surface area contributed by atoms with Gasteiger partial charge in [0.05, 0.1) is 10.3 Å². The van der Waals surface area contributed by atoms with Crippen LogP contribution in [-0.4, -0.2) is 59.3 Å². The van der Waals surface area contributed by atoms with E-state index >= 15 is 0 Å². The number of amides is 1. The Labute approximate surface area is 321 Å². The fourth-order valence-corrected chi connectivity index (χ4v) is 9.69. The van der Waals surface area contributed by atoms with Crippen molar-refractivity contribution in [3.63, 3.8) is 0 Å². The van der Waals surface area contributed by atoms with Crippen LogP contribution in [0.1, 0.15) is 78.4 Å². The Hall–Kier alpha value is -3.84. The van der Waals surface area contributed by atoms with Gasteiger partial charge >= 0.3 is 5.97 Å². The van der Waals surface area contributed by atoms with Gasteiger partial charge < -0.3 is 15.3 Å². The Balaban J connectivity index is 1.32. The minimum absolute atomic E-state index is 0.0248. The summed E-state index contributed by atoms with van der Waals surface area (Å²) in [6.45, 7) is 13.1. The number of benzene rings is 3. The third kappa shape index (κ3) is 8.94. The van der Waals surface area contributed by atoms with E-state index in [1.807, 2.05) is 18.2 Å². The second-order valence-corrected chi connectivity index (χ2v) is 19.4. The van der Waals surface area contributed by atoms with Crippen LogP contribution >= 0.6 is 21.6 Å². The van der Waals surface area contributed by atoms with Crippen molar-refractivity contribution >= 4 is 66.4 Å². The molecule has 0 atom stereocenters. The molecule has 5 rings (SSSR count). The average Bonchev–Trinajstić information content (AvgIpc) is 3.46. The Bertz CT molecular complexity index is 2050. The number of anilines is 1. The number of fused-ring (bicyclic) bond motifs is 2. The number of rotatable bonds is 16. The zero-order valence-electron chi connectivity index (χ0n) is 31.3. The SMILES string of the molecule is CC(C)(SSCCNC(=O)CCCCCN1/C(=C/C=C/C2=[N+](c3ccccc3)c3ccccc3C2(C)C)C(C)(C)c2cc(S(=O)(=O)O)ccc21)C(=O)O. The van der Waals surface area contributed by atoms with Crippen molar-refractivity contribution in [1.82, 2.24) is 9.89 Å². The molecule has 9 nitrogen and oxygen atoms in total. The minimum Gasteiger partial charge on any atom is -0.480 e. The van der Waals surface area contributed by atoms with Gasteiger partial charge in [0.15, 0.2) is 5.71 Å². The van der Waals surface area contributed by atoms with Crippen LogP contribution in [0.4, 0.5) is 17.1 Å². The largest absolute Gasteiger partial charge is 0.480 e. The maximum atomic E-state index is 12.5. The quantitative estimate of drug-likeness (QED) is 0.0567. The maximum absolute atomic E-state index is 12.5. The molecule has 53 heavy (non-hydrogen) atoms. The van der Waals surface area contributed by atoms with Gasteiger partial charge in [-0.1, -0.05) is 84.3 Å². The molecule has 0 aromatic heterocycles. The fraction of sp³-hybridized carbons (Fsp3) is 0.390. The molecule has 0 saturated heterocycles. The number of nitrogens with zero attached hydrogens (tertiary/aromatic N) is 2. The Kier molecular flexibility index (Phi) is 12.4. The van der Waals surface area contributed by atoms with Crippen LogP contribution in [0.5, 0.6) is 0 Å². The van der Waals surface area contributed by atoms with Gasteiger partial charge in [-0.25, -0.2) is 0 Å². The van der Waals surface area contributed by atoms with Crippen LogP contribution in [0.3, 0.4) is 0 Å². The Morgan fingerprint density at radius 3 is 2.32 bits per heavy atom. The number of carboxylic acids is 1. The molecular formula is C41H50N3O6S3+. The number of hydrogen-bond donors (Lipinski definition) is 3. The van der Waals surface area contributed by atoms with Crippen LogP contribution in [0.25, 0.3) is 0 Å². The van der Waals surface area contributed by atoms with E-state index in [9.17, 15) is 27.7 Å². The van der Waals surface area contributed by atoms with E-state index in [-0.39, 0.29) is 16.2 Å². The van der Waals surface area contributed by atoms with Crippen molar-refractivity contribution in [3.8, 4) is 0 Å². The molecule has 282 valence electrons. The van der Waals surface area contributed by atoms with Gasteiger partial charge in [0, 0.05) is 71.9 Å². The van der Waals surface area contributed by atoms with Crippen molar-refractivity contribution in [2.45, 2.75) is 87.7 Å². The summed E-state index contributed by atoms with van der Waals surface area (Å²) in [5.74, 6) is -0.271. The van der Waals surface area contributed by atoms with Crippen molar-refractivity contribution in [2.24, 2.45) is 0 Å². The predicted octanol–water partition coefficient (Wildman–Crippen LogP) is 8.66. The van der Waals surface area contributed by atoms with Gasteiger partial charge in [-0.3, -0.25) is 14.1 Å². The lowest BCUT2D eigenvalue weighted by Gasteiger charge is -2.27. The van der Waals surface area contributed by atoms with E-state index < -0.39 is 26.2 Å². The Morgan fingerprint density at radius 2 is 1.62 bits per heavy atom. The average molecular weight is 777 g/mol. The van der Waals surface area contributed by atoms with Gasteiger partial charge in [-0.15, -0.1) is 0 Å². The maximum Gasteiger partial charge on any atom is 0.320 e. The smallest absolute Gasteiger partial charge is 0.320 e. The lowest BCUT2D eigenvalue weighted by molar-refractivity contribution is -0.138. The topological polar surface area (TPSA) is 127 Å². The van der Waals surface area contributed by atoms with E-state index in [4.69, 9.17) is 0 Å². The number of carbonyl (C=O) groups excluding carboxylic acids is 1. The molecule has 0 saturated carbocycles. The molecule has 2 heterocycles. The molecule has 0 fully saturated rings. The van der Waals surface area contributed by atoms with Crippen molar-refractivity contribution in [1.29, 1.82) is 0 Å². The molecule has 3 aromatic carbocycles. The molecular weight excluding hydrogens is 727 g/mol. The lowest BCUT2D eigenvalue weighted by atomic mass is 9.81. The molecule has 2 aliphatic rings. The summed E-state index contributed by atoms with van der Waals surface area (Å²) in [6.07, 6.45) is 9.11. The highest BCUT2D eigenvalue weighted by Crippen LogP contribution is 2.49. The summed E-state index contributed by atoms with van der Waals surface area (Å²) in [5, 5.41) is 12.2. The Morgan fingerprint density at radius 1 is 0.925 bits per heavy atom. The van der Waals surface area contributed by atoms with E-state index in [1.165, 1.54) is 33.2 Å². The summed E-state index contributed by atoms with van der Waals surface area (Å²) in [7, 11) is -1.66. The zero-order chi connectivity index (χ0) is 38.6. The number of allylic oxidation sites excluding steroid dienone is 4. The van der Waals surface area contributed by atoms with Gasteiger partial charge in [0.1, 0.15) is 4.75 Å². The minimum atomic E-state index is -4.39. The van der Waals surface area contributed by atoms with E-state index in [2.05, 4.69) is 97.1 Å². The number of aliphatic carboxylic acids is 1. The predicted molar refractivity (Wildman–Crippen MR) is 219 cm³/mol. The molecule has 1 amide bonds. The number of nitrogens with one attached hydrogen (secondary N) is 1. The van der Waals surface area contributed by atoms with Crippen molar-refractivity contribution in [3.05, 3.63) is 108 Å². The summed E-state index contributed by atoms with van der Waals surface area (Å²) in [6, 6.07) is 23.6. The molecule has 0 aliphatic carbocycles. The summed E-state index contributed by atoms with van der Waals surface area (Å²) < 4.78 is 35.6. The molecule has 3 aromatic rings. The summed E-state index contributed by atoms with van der Waals surface area (Å²) >= 11 is 0. The first kappa shape index (κ1) is 40.3. The fourth-order valence-electron chi connectivity index (χ4n) is 6.95. The molecule has 0 spiro atoms. The van der Waals surface area contributed by atoms with E-state index in [0.717, 1.165) is 46.9 Å². The molecule has 0 unspecified atom stereocenters. The second kappa shape index (κ2) is 16.3. The summed E-state index contributed by atoms with van der Waals surface area (Å²) in [5.41, 5.74) is 6.51. The molecule has 0 radical (unpaired) electrons. The van der Waals surface area contributed by atoms with Crippen LogP contribution in [-0.2, 0) is 30.5 Å². The highest BCUT2D eigenvalue weighted by atomic mass is 33.1. The number of para-hydroxylation sites is 2. The van der Waals surface area contributed by atoms with Crippen LogP contribution in [0, 0.1) is 0 Å². The number of unbranched alkanes of at least 4 members (excludes halogenated alkanes) is 2. The highest BCUT2D eigenvalue weighted by molar-refractivity contribution is 8.77. The van der Waals surface area contributed by atoms with Crippen molar-refractivity contribution < 1.29 is 27.7 Å². The third-order valence-corrected chi connectivity index (χ3v) is 14.0. The lowest BCUT2D eigenvalue weighted by Crippen LogP contribution is -2.28. The highest BCUT2D eigenvalue weighted by Gasteiger charge is 2.45. The standard InChI is InChI=1S/C41H49N3O6S3/c1-39(2)31-18-12-13-19-34(31)44(29-16-9-7-10-17-29)36(39)21-15-20-35-40(3,4)32-28-30(53(48,49)50)23-24-33(32)43(35)26-14-8-11-22-37(45)42-25-27-51-52-41(5,6)38(46)47/h7,9-10,12-13,15-21,23-24,28H,8,11,14,22,25-27H2,1-6H3,(H2-,42,45,46,47,48,49,50)/p+1. The zero-order valence-corrected chi connectivity index (χ0v) is 33.7. The van der Waals surface area contributed by atoms with Crippen molar-refractivity contribution in [2.75, 3.05) is 23.7 Å². The van der Waals surface area contributed by atoms with Crippen LogP contribution < -0.4 is 14.8 Å². The first-order chi connectivity index (χ1) is 25.0. The van der Waals surface area contributed by atoms with Gasteiger partial charge in [0.25, 0.3) is 10.1 Å². The van der Waals surface area contributed by atoms with Crippen LogP contribution in [0.15, 0.2) is 102 Å². The van der Waals surface area contributed by atoms with E-state index in [0.29, 0.717) is 31.7 Å². The molecule has 0 bridgehead atoms. The molecule has 3 N–H and O–H groups in total. The van der Waals surface area contributed by atoms with Crippen LogP contribution in [0.2, 0.25) is 0 Å². The number of carbonyl (C=O) groups is 2. The monoisotopic (exact) mass is 776 g/mol. The van der Waals surface area contributed by atoms with Gasteiger partial charge in [-0.2, -0.15) is 13.0 Å². The second-order valence-electron chi connectivity index (χ2n) is 14.9. The van der Waals surface area contributed by atoms with E-state index in [1.54, 1.807) is 26.0 Å². The van der Waals surface area contributed by atoms with Gasteiger partial charge in [-0.05, 0) is 70.4 Å². The molecule has 12 heteroatoms. The first-order valence-electron chi connectivity index (χ1n) is 17.9. The summed E-state index contributed by atoms with van der Waals surface area (Å²) in [4.78, 5) is 25.9. The van der Waals surface area contributed by atoms with Gasteiger partial charge in [0.2, 0.25) is 17.3 Å². The number of carboxylic acid groups (broad SMARTS) is 1. The number of hydrogen-bond acceptors (Lipinski definition) is 7. The molecule has 2 aliphatic heterocycles. The third-order valence-electron chi connectivity index (χ3n) is 9.96.